The third kappa shape index (κ3) is 7.04. The third-order valence-electron chi connectivity index (χ3n) is 6.98. The number of aliphatic hydroxyl groups excluding tert-OH is 1. The number of para-hydroxylation sites is 1. The molecule has 10 nitrogen and oxygen atoms in total. The molecule has 218 valence electrons. The summed E-state index contributed by atoms with van der Waals surface area (Å²) in [5.74, 6) is -0.630. The van der Waals surface area contributed by atoms with Crippen molar-refractivity contribution in [2.45, 2.75) is 45.9 Å². The maximum Gasteiger partial charge on any atom is 0.317 e. The van der Waals surface area contributed by atoms with Crippen molar-refractivity contribution >= 4 is 34.9 Å². The van der Waals surface area contributed by atoms with Gasteiger partial charge in [0.1, 0.15) is 11.1 Å². The van der Waals surface area contributed by atoms with Crippen molar-refractivity contribution < 1.29 is 24.2 Å². The zero-order valence-corrected chi connectivity index (χ0v) is 24.8. The van der Waals surface area contributed by atoms with E-state index in [0.717, 1.165) is 10.6 Å². The Morgan fingerprint density at radius 1 is 1.20 bits per heavy atom. The minimum absolute atomic E-state index is 0.0303. The molecule has 3 N–H and O–H groups in total. The van der Waals surface area contributed by atoms with Crippen molar-refractivity contribution in [2.75, 3.05) is 32.1 Å². The van der Waals surface area contributed by atoms with Gasteiger partial charge in [-0.3, -0.25) is 9.59 Å². The standard InChI is InChI=1S/C30H37N5O5S/c1-18(2)32-30(39)34(5)16-25-19(3)15-35(20(4)17-36)29(38)23-7-6-8-24(26(23)40-25)33-27(37)21-9-11-22(12-10-21)28-31-13-14-41-28/h6-14,18-20,25,36H,15-17H2,1-5H3,(H,32,39)(H,33,37)/t19-,20-,25-/m0/s1. The fourth-order valence-corrected chi connectivity index (χ4v) is 5.24. The van der Waals surface area contributed by atoms with Crippen molar-refractivity contribution in [3.8, 4) is 16.3 Å². The predicted octanol–water partition coefficient (Wildman–Crippen LogP) is 4.33. The molecule has 1 aliphatic rings. The number of aliphatic hydroxyl groups is 1. The second kappa shape index (κ2) is 13.1. The lowest BCUT2D eigenvalue weighted by Crippen LogP contribution is -2.51. The molecule has 0 radical (unpaired) electrons. The summed E-state index contributed by atoms with van der Waals surface area (Å²) in [6.07, 6.45) is 1.23. The lowest BCUT2D eigenvalue weighted by molar-refractivity contribution is 0.0368. The van der Waals surface area contributed by atoms with Crippen LogP contribution < -0.4 is 15.4 Å². The van der Waals surface area contributed by atoms with E-state index in [4.69, 9.17) is 4.74 Å². The highest BCUT2D eigenvalue weighted by molar-refractivity contribution is 7.13. The Morgan fingerprint density at radius 3 is 2.56 bits per heavy atom. The Kier molecular flexibility index (Phi) is 9.61. The molecule has 41 heavy (non-hydrogen) atoms. The number of nitrogens with zero attached hydrogens (tertiary/aromatic N) is 3. The molecular weight excluding hydrogens is 542 g/mol. The molecule has 0 fully saturated rings. The van der Waals surface area contributed by atoms with E-state index in [1.165, 1.54) is 11.3 Å². The topological polar surface area (TPSA) is 124 Å². The highest BCUT2D eigenvalue weighted by Gasteiger charge is 2.35. The van der Waals surface area contributed by atoms with Gasteiger partial charge in [0.2, 0.25) is 0 Å². The summed E-state index contributed by atoms with van der Waals surface area (Å²) in [6.45, 7) is 7.87. The number of rotatable bonds is 8. The van der Waals surface area contributed by atoms with Gasteiger partial charge in [-0.15, -0.1) is 11.3 Å². The van der Waals surface area contributed by atoms with Crippen molar-refractivity contribution in [2.24, 2.45) is 5.92 Å². The normalized spacial score (nSPS) is 17.6. The van der Waals surface area contributed by atoms with Crippen LogP contribution in [0.5, 0.6) is 5.75 Å². The number of benzene rings is 2. The Bertz CT molecular complexity index is 1360. The summed E-state index contributed by atoms with van der Waals surface area (Å²) < 4.78 is 6.49. The number of aromatic nitrogens is 1. The number of likely N-dealkylation sites (N-methyl/N-ethyl adjacent to an activating group) is 1. The molecular formula is C30H37N5O5S. The van der Waals surface area contributed by atoms with Crippen molar-refractivity contribution in [1.82, 2.24) is 20.1 Å². The molecule has 4 amide bonds. The first kappa shape index (κ1) is 30.0. The summed E-state index contributed by atoms with van der Waals surface area (Å²) in [4.78, 5) is 47.1. The molecule has 0 unspecified atom stereocenters. The first-order chi connectivity index (χ1) is 19.6. The minimum atomic E-state index is -0.506. The number of hydrogen-bond donors (Lipinski definition) is 3. The van der Waals surface area contributed by atoms with Gasteiger partial charge in [-0.1, -0.05) is 25.1 Å². The number of hydrogen-bond acceptors (Lipinski definition) is 7. The number of fused-ring (bicyclic) bond motifs is 1. The van der Waals surface area contributed by atoms with E-state index in [-0.39, 0.29) is 54.3 Å². The molecule has 0 bridgehead atoms. The molecule has 3 atom stereocenters. The summed E-state index contributed by atoms with van der Waals surface area (Å²) in [5, 5.41) is 18.5. The lowest BCUT2D eigenvalue weighted by atomic mass is 9.99. The first-order valence-electron chi connectivity index (χ1n) is 13.6. The highest BCUT2D eigenvalue weighted by Crippen LogP contribution is 2.35. The van der Waals surface area contributed by atoms with Crippen LogP contribution >= 0.6 is 11.3 Å². The first-order valence-corrected chi connectivity index (χ1v) is 14.5. The van der Waals surface area contributed by atoms with Crippen molar-refractivity contribution in [3.05, 3.63) is 65.2 Å². The number of anilines is 1. The third-order valence-corrected chi connectivity index (χ3v) is 7.80. The van der Waals surface area contributed by atoms with Gasteiger partial charge in [-0.2, -0.15) is 0 Å². The summed E-state index contributed by atoms with van der Waals surface area (Å²) in [5.41, 5.74) is 1.96. The van der Waals surface area contributed by atoms with E-state index in [1.807, 2.05) is 38.3 Å². The molecule has 0 saturated carbocycles. The van der Waals surface area contributed by atoms with E-state index in [0.29, 0.717) is 17.8 Å². The Labute approximate surface area is 244 Å². The number of ether oxygens (including phenoxy) is 1. The highest BCUT2D eigenvalue weighted by atomic mass is 32.1. The van der Waals surface area contributed by atoms with Gasteiger partial charge in [-0.05, 0) is 45.0 Å². The maximum atomic E-state index is 13.7. The van der Waals surface area contributed by atoms with Crippen LogP contribution in [-0.4, -0.2) is 82.7 Å². The average molecular weight is 580 g/mol. The summed E-state index contributed by atoms with van der Waals surface area (Å²) in [7, 11) is 1.69. The zero-order chi connectivity index (χ0) is 29.7. The predicted molar refractivity (Wildman–Crippen MR) is 159 cm³/mol. The number of nitrogens with one attached hydrogen (secondary N) is 2. The van der Waals surface area contributed by atoms with Crippen LogP contribution in [0.1, 0.15) is 48.4 Å². The van der Waals surface area contributed by atoms with Crippen molar-refractivity contribution in [3.63, 3.8) is 0 Å². The molecule has 1 aliphatic heterocycles. The smallest absolute Gasteiger partial charge is 0.317 e. The summed E-state index contributed by atoms with van der Waals surface area (Å²) in [6, 6.07) is 11.4. The van der Waals surface area contributed by atoms with Gasteiger partial charge in [0.05, 0.1) is 30.4 Å². The number of carbonyl (C=O) groups excluding carboxylic acids is 3. The van der Waals surface area contributed by atoms with Crippen LogP contribution in [0.3, 0.4) is 0 Å². The molecule has 11 heteroatoms. The number of amides is 4. The second-order valence-electron chi connectivity index (χ2n) is 10.7. The molecule has 2 aromatic carbocycles. The second-order valence-corrected chi connectivity index (χ2v) is 11.6. The number of thiazole rings is 1. The van der Waals surface area contributed by atoms with Gasteiger partial charge in [0.25, 0.3) is 11.8 Å². The fourth-order valence-electron chi connectivity index (χ4n) is 4.59. The van der Waals surface area contributed by atoms with Gasteiger partial charge in [-0.25, -0.2) is 9.78 Å². The van der Waals surface area contributed by atoms with E-state index in [1.54, 1.807) is 60.3 Å². The van der Waals surface area contributed by atoms with Gasteiger partial charge >= 0.3 is 6.03 Å². The van der Waals surface area contributed by atoms with Crippen LogP contribution in [0, 0.1) is 5.92 Å². The van der Waals surface area contributed by atoms with Crippen LogP contribution in [0.25, 0.3) is 10.6 Å². The Balaban J connectivity index is 1.66. The van der Waals surface area contributed by atoms with Crippen LogP contribution in [0.2, 0.25) is 0 Å². The van der Waals surface area contributed by atoms with Gasteiger partial charge < -0.3 is 30.3 Å². The lowest BCUT2D eigenvalue weighted by Gasteiger charge is -2.38. The fraction of sp³-hybridized carbons (Fsp3) is 0.400. The van der Waals surface area contributed by atoms with Gasteiger partial charge in [0, 0.05) is 48.3 Å². The van der Waals surface area contributed by atoms with Gasteiger partial charge in [0.15, 0.2) is 5.75 Å². The van der Waals surface area contributed by atoms with E-state index in [2.05, 4.69) is 15.6 Å². The number of urea groups is 1. The largest absolute Gasteiger partial charge is 0.485 e. The maximum absolute atomic E-state index is 13.7. The molecule has 4 rings (SSSR count). The average Bonchev–Trinajstić information content (AvgIpc) is 3.49. The number of carbonyl (C=O) groups is 3. The van der Waals surface area contributed by atoms with Crippen LogP contribution in [0.4, 0.5) is 10.5 Å². The monoisotopic (exact) mass is 579 g/mol. The molecule has 2 heterocycles. The van der Waals surface area contributed by atoms with Crippen LogP contribution in [0.15, 0.2) is 54.0 Å². The molecule has 0 aliphatic carbocycles. The van der Waals surface area contributed by atoms with E-state index >= 15 is 0 Å². The molecule has 0 spiro atoms. The molecule has 3 aromatic rings. The Morgan fingerprint density at radius 2 is 1.93 bits per heavy atom. The SMILES string of the molecule is CC(C)NC(=O)N(C)C[C@@H]1Oc2c(NC(=O)c3ccc(-c4nccs4)cc3)cccc2C(=O)N([C@@H](C)CO)C[C@@H]1C. The zero-order valence-electron chi connectivity index (χ0n) is 24.0. The van der Waals surface area contributed by atoms with E-state index in [9.17, 15) is 19.5 Å². The van der Waals surface area contributed by atoms with Crippen LogP contribution in [-0.2, 0) is 0 Å². The minimum Gasteiger partial charge on any atom is -0.485 e. The molecule has 0 saturated heterocycles. The summed E-state index contributed by atoms with van der Waals surface area (Å²) >= 11 is 1.52. The van der Waals surface area contributed by atoms with Crippen molar-refractivity contribution in [1.29, 1.82) is 0 Å². The molecule has 1 aromatic heterocycles. The quantitative estimate of drug-likeness (QED) is 0.365. The Hall–Kier alpha value is -3.96. The van der Waals surface area contributed by atoms with E-state index < -0.39 is 12.1 Å².